The first-order valence-corrected chi connectivity index (χ1v) is 7.98. The fraction of sp³-hybridized carbons (Fsp3) is 0.412. The fourth-order valence-corrected chi connectivity index (χ4v) is 2.28. The predicted octanol–water partition coefficient (Wildman–Crippen LogP) is 4.28. The quantitative estimate of drug-likeness (QED) is 0.758. The normalized spacial score (nSPS) is 18.2. The van der Waals surface area contributed by atoms with Crippen molar-refractivity contribution < 1.29 is 19.1 Å². The van der Waals surface area contributed by atoms with Gasteiger partial charge in [-0.15, -0.1) is 0 Å². The van der Waals surface area contributed by atoms with Crippen molar-refractivity contribution in [2.45, 2.75) is 33.3 Å². The van der Waals surface area contributed by atoms with E-state index in [2.05, 4.69) is 0 Å². The highest BCUT2D eigenvalue weighted by Gasteiger charge is 2.28. The van der Waals surface area contributed by atoms with Crippen molar-refractivity contribution in [1.29, 1.82) is 0 Å². The van der Waals surface area contributed by atoms with Gasteiger partial charge >= 0.3 is 11.9 Å². The lowest BCUT2D eigenvalue weighted by molar-refractivity contribution is -0.161. The van der Waals surface area contributed by atoms with Crippen LogP contribution in [0.5, 0.6) is 0 Å². The van der Waals surface area contributed by atoms with Crippen LogP contribution in [0.4, 0.5) is 0 Å². The summed E-state index contributed by atoms with van der Waals surface area (Å²) in [5, 5.41) is 0.797. The lowest BCUT2D eigenvalue weighted by Crippen LogP contribution is -2.31. The van der Waals surface area contributed by atoms with Gasteiger partial charge in [0.15, 0.2) is 0 Å². The van der Waals surface area contributed by atoms with Crippen LogP contribution >= 0.6 is 23.2 Å². The third kappa shape index (κ3) is 4.49. The monoisotopic (exact) mass is 356 g/mol. The van der Waals surface area contributed by atoms with Crippen LogP contribution in [0.3, 0.4) is 0 Å². The molecule has 0 aromatic heterocycles. The van der Waals surface area contributed by atoms with Gasteiger partial charge in [-0.05, 0) is 38.5 Å². The first kappa shape index (κ1) is 17.8. The molecule has 0 aliphatic carbocycles. The average molecular weight is 357 g/mol. The molecule has 4 nitrogen and oxygen atoms in total. The number of rotatable bonds is 3. The largest absolute Gasteiger partial charge is 0.461 e. The number of ether oxygens (including phenoxy) is 2. The van der Waals surface area contributed by atoms with E-state index in [1.165, 1.54) is 0 Å². The Morgan fingerprint density at radius 1 is 1.30 bits per heavy atom. The summed E-state index contributed by atoms with van der Waals surface area (Å²) in [6, 6.07) is 4.96. The summed E-state index contributed by atoms with van der Waals surface area (Å²) in [7, 11) is 0. The van der Waals surface area contributed by atoms with Gasteiger partial charge in [0.05, 0.1) is 21.0 Å². The van der Waals surface area contributed by atoms with Crippen molar-refractivity contribution in [1.82, 2.24) is 0 Å². The zero-order chi connectivity index (χ0) is 17.2. The molecule has 1 aliphatic heterocycles. The van der Waals surface area contributed by atoms with Crippen molar-refractivity contribution in [3.8, 4) is 0 Å². The Labute approximate surface area is 145 Å². The van der Waals surface area contributed by atoms with E-state index in [9.17, 15) is 9.59 Å². The van der Waals surface area contributed by atoms with Crippen LogP contribution in [0.1, 0.15) is 32.8 Å². The van der Waals surface area contributed by atoms with Crippen molar-refractivity contribution in [2.75, 3.05) is 6.61 Å². The topological polar surface area (TPSA) is 52.6 Å². The Balaban J connectivity index is 2.03. The molecule has 0 saturated carbocycles. The maximum atomic E-state index is 12.1. The summed E-state index contributed by atoms with van der Waals surface area (Å²) in [5.41, 5.74) is 0.496. The lowest BCUT2D eigenvalue weighted by atomic mass is 9.97. The molecule has 1 atom stereocenters. The lowest BCUT2D eigenvalue weighted by Gasteiger charge is -2.24. The molecule has 0 amide bonds. The molecule has 1 aromatic carbocycles. The van der Waals surface area contributed by atoms with Gasteiger partial charge in [0.25, 0.3) is 0 Å². The number of hydrogen-bond acceptors (Lipinski definition) is 4. The Bertz CT molecular complexity index is 659. The third-order valence-electron chi connectivity index (χ3n) is 3.32. The minimum atomic E-state index is -0.584. The third-order valence-corrected chi connectivity index (χ3v) is 4.06. The highest BCUT2D eigenvalue weighted by atomic mass is 35.5. The highest BCUT2D eigenvalue weighted by molar-refractivity contribution is 6.42. The van der Waals surface area contributed by atoms with E-state index in [1.807, 2.05) is 0 Å². The molecule has 1 heterocycles. The van der Waals surface area contributed by atoms with Crippen LogP contribution < -0.4 is 0 Å². The minimum absolute atomic E-state index is 0.0486. The zero-order valence-corrected chi connectivity index (χ0v) is 14.7. The molecule has 0 fully saturated rings. The van der Waals surface area contributed by atoms with Crippen LogP contribution in [-0.2, 0) is 19.1 Å². The van der Waals surface area contributed by atoms with Gasteiger partial charge in [0, 0.05) is 6.42 Å². The molecule has 1 aliphatic rings. The summed E-state index contributed by atoms with van der Waals surface area (Å²) < 4.78 is 10.5. The predicted molar refractivity (Wildman–Crippen MR) is 89.4 cm³/mol. The van der Waals surface area contributed by atoms with Crippen LogP contribution in [-0.4, -0.2) is 24.6 Å². The minimum Gasteiger partial charge on any atom is -0.461 e. The summed E-state index contributed by atoms with van der Waals surface area (Å²) in [6.07, 6.45) is 1.76. The van der Waals surface area contributed by atoms with Crippen LogP contribution in [0, 0.1) is 5.41 Å². The zero-order valence-electron chi connectivity index (χ0n) is 13.2. The first-order chi connectivity index (χ1) is 10.7. The van der Waals surface area contributed by atoms with Gasteiger partial charge < -0.3 is 9.47 Å². The number of carbonyl (C=O) groups excluding carboxylic acids is 2. The maximum Gasteiger partial charge on any atom is 0.338 e. The summed E-state index contributed by atoms with van der Waals surface area (Å²) >= 11 is 11.8. The number of esters is 2. The van der Waals surface area contributed by atoms with Crippen molar-refractivity contribution in [3.63, 3.8) is 0 Å². The molecule has 124 valence electrons. The highest BCUT2D eigenvalue weighted by Crippen LogP contribution is 2.29. The molecule has 1 aromatic rings. The Morgan fingerprint density at radius 2 is 2.00 bits per heavy atom. The van der Waals surface area contributed by atoms with Crippen molar-refractivity contribution in [3.05, 3.63) is 39.9 Å². The molecule has 23 heavy (non-hydrogen) atoms. The van der Waals surface area contributed by atoms with Gasteiger partial charge in [-0.2, -0.15) is 0 Å². The molecule has 0 spiro atoms. The Morgan fingerprint density at radius 3 is 2.57 bits per heavy atom. The van der Waals surface area contributed by atoms with E-state index in [-0.39, 0.29) is 12.6 Å². The second-order valence-electron chi connectivity index (χ2n) is 6.36. The molecule has 6 heteroatoms. The second-order valence-corrected chi connectivity index (χ2v) is 7.17. The Hall–Kier alpha value is -1.52. The van der Waals surface area contributed by atoms with Gasteiger partial charge in [-0.1, -0.05) is 35.3 Å². The van der Waals surface area contributed by atoms with Crippen molar-refractivity contribution >= 4 is 40.7 Å². The summed E-state index contributed by atoms with van der Waals surface area (Å²) in [4.78, 5) is 23.9. The first-order valence-electron chi connectivity index (χ1n) is 7.22. The van der Waals surface area contributed by atoms with Crippen LogP contribution in [0.25, 0.3) is 5.57 Å². The van der Waals surface area contributed by atoms with E-state index in [1.54, 1.807) is 45.0 Å². The van der Waals surface area contributed by atoms with E-state index in [4.69, 9.17) is 32.7 Å². The van der Waals surface area contributed by atoms with Gasteiger partial charge in [0.1, 0.15) is 12.7 Å². The summed E-state index contributed by atoms with van der Waals surface area (Å²) in [5.74, 6) is -0.792. The van der Waals surface area contributed by atoms with Crippen molar-refractivity contribution in [2.24, 2.45) is 5.41 Å². The molecule has 0 bridgehead atoms. The SMILES string of the molecule is CC(C)(C)C(=O)OCC1CC=C(c2ccc(Cl)c(Cl)c2)C(=O)O1. The molecular formula is C17H18Cl2O4. The van der Waals surface area contributed by atoms with Gasteiger partial charge in [-0.25, -0.2) is 4.79 Å². The number of carbonyl (C=O) groups is 2. The fourth-order valence-electron chi connectivity index (χ4n) is 1.98. The summed E-state index contributed by atoms with van der Waals surface area (Å²) in [6.45, 7) is 5.35. The van der Waals surface area contributed by atoms with E-state index in [0.29, 0.717) is 27.6 Å². The molecule has 0 N–H and O–H groups in total. The van der Waals surface area contributed by atoms with E-state index in [0.717, 1.165) is 0 Å². The average Bonchev–Trinajstić information content (AvgIpc) is 2.47. The van der Waals surface area contributed by atoms with E-state index >= 15 is 0 Å². The van der Waals surface area contributed by atoms with Gasteiger partial charge in [-0.3, -0.25) is 4.79 Å². The number of hydrogen-bond donors (Lipinski definition) is 0. The van der Waals surface area contributed by atoms with Crippen LogP contribution in [0.2, 0.25) is 10.0 Å². The number of cyclic esters (lactones) is 1. The molecular weight excluding hydrogens is 339 g/mol. The van der Waals surface area contributed by atoms with E-state index < -0.39 is 17.5 Å². The van der Waals surface area contributed by atoms with Gasteiger partial charge in [0.2, 0.25) is 0 Å². The second kappa shape index (κ2) is 6.93. The molecule has 0 radical (unpaired) electrons. The maximum absolute atomic E-state index is 12.1. The molecule has 1 unspecified atom stereocenters. The number of benzene rings is 1. The molecule has 0 saturated heterocycles. The number of halogens is 2. The molecule has 2 rings (SSSR count). The Kier molecular flexibility index (Phi) is 5.37. The smallest absolute Gasteiger partial charge is 0.338 e. The standard InChI is InChI=1S/C17H18Cl2O4/c1-17(2,3)16(21)22-9-11-5-6-12(15(20)23-11)10-4-7-13(18)14(19)8-10/h4,6-8,11H,5,9H2,1-3H3. The van der Waals surface area contributed by atoms with Crippen LogP contribution in [0.15, 0.2) is 24.3 Å².